The fourth-order valence-corrected chi connectivity index (χ4v) is 3.89. The lowest BCUT2D eigenvalue weighted by Crippen LogP contribution is -2.45. The second kappa shape index (κ2) is 9.29. The van der Waals surface area contributed by atoms with E-state index in [1.165, 1.54) is 12.1 Å². The summed E-state index contributed by atoms with van der Waals surface area (Å²) < 4.78 is 38.6. The van der Waals surface area contributed by atoms with Gasteiger partial charge in [0.2, 0.25) is 0 Å². The van der Waals surface area contributed by atoms with Crippen LogP contribution in [0.4, 0.5) is 24.7 Å². The first-order valence-corrected chi connectivity index (χ1v) is 10.4. The fraction of sp³-hybridized carbons (Fsp3) is 0.217. The van der Waals surface area contributed by atoms with Crippen LogP contribution in [0.2, 0.25) is 5.02 Å². The van der Waals surface area contributed by atoms with Crippen molar-refractivity contribution in [1.82, 2.24) is 10.4 Å². The molecule has 0 bridgehead atoms. The second-order valence-corrected chi connectivity index (χ2v) is 7.89. The summed E-state index contributed by atoms with van der Waals surface area (Å²) >= 11 is 5.98. The monoisotopic (exact) mass is 476 g/mol. The number of hydrazine groups is 1. The number of carbonyl (C=O) groups is 1. The zero-order valence-corrected chi connectivity index (χ0v) is 18.2. The third-order valence-electron chi connectivity index (χ3n) is 5.19. The number of nitrogens with one attached hydrogen (secondary N) is 1. The van der Waals surface area contributed by atoms with Crippen molar-refractivity contribution in [2.75, 3.05) is 17.1 Å². The number of carbonyl (C=O) groups excluding carboxylic acids is 1. The maximum Gasteiger partial charge on any atom is 0.417 e. The van der Waals surface area contributed by atoms with Gasteiger partial charge in [0.05, 0.1) is 22.3 Å². The molecule has 0 spiro atoms. The summed E-state index contributed by atoms with van der Waals surface area (Å²) in [5, 5.41) is 2.63. The number of aromatic nitrogens is 1. The summed E-state index contributed by atoms with van der Waals surface area (Å²) in [7, 11) is 1.44. The number of rotatable bonds is 5. The van der Waals surface area contributed by atoms with Crippen molar-refractivity contribution in [3.8, 4) is 0 Å². The van der Waals surface area contributed by atoms with Gasteiger partial charge in [-0.15, -0.1) is 0 Å². The lowest BCUT2D eigenvalue weighted by Gasteiger charge is -2.25. The number of hydrogen-bond acceptors (Lipinski definition) is 5. The number of para-hydroxylation sites is 1. The van der Waals surface area contributed by atoms with E-state index in [9.17, 15) is 18.0 Å². The summed E-state index contributed by atoms with van der Waals surface area (Å²) in [6.07, 6.45) is -4.38. The molecule has 6 nitrogen and oxygen atoms in total. The molecule has 1 N–H and O–H groups in total. The standard InChI is InChI=1S/C23H20ClF3N4O2/c1-30(21-18(24)12-16(14-28-21)23(25,26)27)29-22(32)20-13-19(15-8-4-2-5-9-15)31(33-20)17-10-6-3-7-11-17/h2-12,14,19-20H,13H2,1H3,(H,29,32). The highest BCUT2D eigenvalue weighted by molar-refractivity contribution is 6.33. The molecule has 1 saturated heterocycles. The average molecular weight is 477 g/mol. The van der Waals surface area contributed by atoms with Crippen molar-refractivity contribution in [1.29, 1.82) is 0 Å². The minimum Gasteiger partial charge on any atom is -0.270 e. The van der Waals surface area contributed by atoms with Crippen molar-refractivity contribution in [3.05, 3.63) is 89.1 Å². The molecule has 0 aliphatic carbocycles. The Morgan fingerprint density at radius 1 is 1.15 bits per heavy atom. The van der Waals surface area contributed by atoms with Crippen LogP contribution in [0.15, 0.2) is 72.9 Å². The van der Waals surface area contributed by atoms with Crippen LogP contribution < -0.4 is 15.5 Å². The molecule has 2 aromatic carbocycles. The van der Waals surface area contributed by atoms with E-state index in [1.54, 1.807) is 5.06 Å². The van der Waals surface area contributed by atoms with E-state index in [0.29, 0.717) is 12.6 Å². The molecule has 2 atom stereocenters. The maximum atomic E-state index is 13.0. The van der Waals surface area contributed by atoms with Gasteiger partial charge in [0.1, 0.15) is 0 Å². The number of pyridine rings is 1. The molecular formula is C23H20ClF3N4O2. The zero-order chi connectivity index (χ0) is 23.6. The number of halogens is 4. The van der Waals surface area contributed by atoms with Crippen LogP contribution in [0.1, 0.15) is 23.6 Å². The number of benzene rings is 2. The Morgan fingerprint density at radius 3 is 2.39 bits per heavy atom. The van der Waals surface area contributed by atoms with E-state index in [-0.39, 0.29) is 16.9 Å². The highest BCUT2D eigenvalue weighted by Crippen LogP contribution is 2.38. The van der Waals surface area contributed by atoms with Gasteiger partial charge in [0, 0.05) is 19.7 Å². The molecule has 3 aromatic rings. The minimum atomic E-state index is -4.57. The first-order valence-electron chi connectivity index (χ1n) is 10.1. The van der Waals surface area contributed by atoms with Crippen LogP contribution >= 0.6 is 11.6 Å². The largest absolute Gasteiger partial charge is 0.417 e. The van der Waals surface area contributed by atoms with Gasteiger partial charge in [0.25, 0.3) is 5.91 Å². The summed E-state index contributed by atoms with van der Waals surface area (Å²) in [4.78, 5) is 22.7. The van der Waals surface area contributed by atoms with Crippen molar-refractivity contribution >= 4 is 29.0 Å². The molecule has 1 aliphatic rings. The Bertz CT molecular complexity index is 1070. The number of alkyl halides is 3. The molecular weight excluding hydrogens is 457 g/mol. The normalized spacial score (nSPS) is 18.3. The Balaban J connectivity index is 1.51. The van der Waals surface area contributed by atoms with Gasteiger partial charge in [-0.2, -0.15) is 13.2 Å². The predicted octanol–water partition coefficient (Wildman–Crippen LogP) is 5.17. The van der Waals surface area contributed by atoms with E-state index in [2.05, 4.69) is 10.4 Å². The van der Waals surface area contributed by atoms with Gasteiger partial charge in [-0.05, 0) is 23.8 Å². The van der Waals surface area contributed by atoms with E-state index in [4.69, 9.17) is 16.4 Å². The van der Waals surface area contributed by atoms with Crippen molar-refractivity contribution in [2.24, 2.45) is 0 Å². The number of amides is 1. The lowest BCUT2D eigenvalue weighted by molar-refractivity contribution is -0.137. The molecule has 1 aromatic heterocycles. The number of hydroxylamine groups is 1. The fourth-order valence-electron chi connectivity index (χ4n) is 3.59. The smallest absolute Gasteiger partial charge is 0.270 e. The van der Waals surface area contributed by atoms with Crippen LogP contribution in [-0.2, 0) is 15.8 Å². The van der Waals surface area contributed by atoms with E-state index >= 15 is 0 Å². The Morgan fingerprint density at radius 2 is 1.79 bits per heavy atom. The van der Waals surface area contributed by atoms with E-state index < -0.39 is 23.8 Å². The summed E-state index contributed by atoms with van der Waals surface area (Å²) in [5.41, 5.74) is 3.40. The van der Waals surface area contributed by atoms with E-state index in [0.717, 1.165) is 17.3 Å². The Labute approximate surface area is 193 Å². The second-order valence-electron chi connectivity index (χ2n) is 7.48. The third kappa shape index (κ3) is 5.04. The highest BCUT2D eigenvalue weighted by atomic mass is 35.5. The molecule has 1 fully saturated rings. The van der Waals surface area contributed by atoms with Crippen LogP contribution in [0.3, 0.4) is 0 Å². The number of nitrogens with zero attached hydrogens (tertiary/aromatic N) is 3. The topological polar surface area (TPSA) is 57.7 Å². The molecule has 33 heavy (non-hydrogen) atoms. The van der Waals surface area contributed by atoms with Crippen LogP contribution in [0.25, 0.3) is 0 Å². The van der Waals surface area contributed by atoms with Crippen molar-refractivity contribution in [3.63, 3.8) is 0 Å². The van der Waals surface area contributed by atoms with Gasteiger partial charge < -0.3 is 0 Å². The first kappa shape index (κ1) is 22.9. The molecule has 4 rings (SSSR count). The molecule has 1 amide bonds. The van der Waals surface area contributed by atoms with Crippen LogP contribution in [-0.4, -0.2) is 24.0 Å². The highest BCUT2D eigenvalue weighted by Gasteiger charge is 2.39. The van der Waals surface area contributed by atoms with Gasteiger partial charge in [0.15, 0.2) is 11.9 Å². The summed E-state index contributed by atoms with van der Waals surface area (Å²) in [6.45, 7) is 0. The average Bonchev–Trinajstić information content (AvgIpc) is 3.25. The quantitative estimate of drug-likeness (QED) is 0.515. The summed E-state index contributed by atoms with van der Waals surface area (Å²) in [5.74, 6) is -0.495. The zero-order valence-electron chi connectivity index (χ0n) is 17.5. The predicted molar refractivity (Wildman–Crippen MR) is 118 cm³/mol. The summed E-state index contributed by atoms with van der Waals surface area (Å²) in [6, 6.07) is 19.6. The van der Waals surface area contributed by atoms with Gasteiger partial charge in [-0.25, -0.2) is 10.0 Å². The van der Waals surface area contributed by atoms with Crippen molar-refractivity contribution < 1.29 is 22.8 Å². The first-order chi connectivity index (χ1) is 15.7. The Hall–Kier alpha value is -3.30. The SMILES string of the molecule is CN(NC(=O)C1CC(c2ccccc2)N(c2ccccc2)O1)c1ncc(C(F)(F)F)cc1Cl. The third-order valence-corrected chi connectivity index (χ3v) is 5.47. The lowest BCUT2D eigenvalue weighted by atomic mass is 10.0. The molecule has 10 heteroatoms. The molecule has 2 heterocycles. The minimum absolute atomic E-state index is 0.0180. The van der Waals surface area contributed by atoms with Crippen LogP contribution in [0, 0.1) is 0 Å². The number of anilines is 2. The molecule has 2 unspecified atom stereocenters. The number of hydrogen-bond donors (Lipinski definition) is 1. The van der Waals surface area contributed by atoms with Crippen molar-refractivity contribution in [2.45, 2.75) is 24.7 Å². The molecule has 1 aliphatic heterocycles. The Kier molecular flexibility index (Phi) is 6.44. The van der Waals surface area contributed by atoms with Gasteiger partial charge in [-0.3, -0.25) is 20.1 Å². The van der Waals surface area contributed by atoms with Gasteiger partial charge in [-0.1, -0.05) is 60.1 Å². The van der Waals surface area contributed by atoms with Crippen LogP contribution in [0.5, 0.6) is 0 Å². The van der Waals surface area contributed by atoms with Gasteiger partial charge >= 0.3 is 6.18 Å². The molecule has 172 valence electrons. The maximum absolute atomic E-state index is 13.0. The molecule has 0 radical (unpaired) electrons. The molecule has 0 saturated carbocycles. The van der Waals surface area contributed by atoms with E-state index in [1.807, 2.05) is 60.7 Å².